The Morgan fingerprint density at radius 1 is 0.614 bits per heavy atom. The third-order valence-corrected chi connectivity index (χ3v) is 9.52. The summed E-state index contributed by atoms with van der Waals surface area (Å²) in [5.74, 6) is -5.13. The van der Waals surface area contributed by atoms with Crippen molar-refractivity contribution in [3.63, 3.8) is 0 Å². The predicted octanol–water partition coefficient (Wildman–Crippen LogP) is 7.08. The lowest BCUT2D eigenvalue weighted by Gasteiger charge is -2.11. The van der Waals surface area contributed by atoms with Crippen molar-refractivity contribution < 1.29 is 62.7 Å². The summed E-state index contributed by atoms with van der Waals surface area (Å²) in [6.45, 7) is -0.193. The second-order valence-electron chi connectivity index (χ2n) is 15.1. The number of nitrogens with zero attached hydrogens (tertiary/aromatic N) is 10. The van der Waals surface area contributed by atoms with Gasteiger partial charge in [-0.05, 0) is 60.7 Å². The van der Waals surface area contributed by atoms with E-state index >= 15 is 0 Å². The molecule has 374 valence electrons. The lowest BCUT2D eigenvalue weighted by Crippen LogP contribution is -2.36. The van der Waals surface area contributed by atoms with Crippen LogP contribution in [-0.2, 0) is 52.9 Å². The number of nitrogens with one attached hydrogen (secondary N) is 3. The highest BCUT2D eigenvalue weighted by atomic mass is 19.4. The maximum absolute atomic E-state index is 13.6. The maximum atomic E-state index is 13.6. The highest BCUT2D eigenvalue weighted by Gasteiger charge is 2.38. The van der Waals surface area contributed by atoms with Crippen LogP contribution < -0.4 is 21.7 Å². The molecule has 0 saturated heterocycles. The number of benzene rings is 2. The molecule has 6 aromatic rings. The fourth-order valence-corrected chi connectivity index (χ4v) is 5.99. The molecule has 4 aromatic heterocycles. The van der Waals surface area contributed by atoms with Crippen LogP contribution in [0.25, 0.3) is 22.8 Å². The average molecular weight is 999 g/mol. The fourth-order valence-electron chi connectivity index (χ4n) is 5.99. The Kier molecular flexibility index (Phi) is 16.8. The van der Waals surface area contributed by atoms with Crippen LogP contribution in [0.1, 0.15) is 35.4 Å². The lowest BCUT2D eigenvalue weighted by molar-refractivity contribution is -0.173. The number of amides is 3. The number of aryl methyl sites for hydroxylation is 2. The molecule has 0 atom stereocenters. The van der Waals surface area contributed by atoms with Crippen molar-refractivity contribution in [1.82, 2.24) is 54.6 Å². The monoisotopic (exact) mass is 998 g/mol. The van der Waals surface area contributed by atoms with Gasteiger partial charge < -0.3 is 31.5 Å². The first-order chi connectivity index (χ1) is 32.7. The number of alkyl halides is 9. The fraction of sp³-hybridized carbons (Fsp3) is 0.310. The van der Waals surface area contributed by atoms with Gasteiger partial charge in [-0.1, -0.05) is 0 Å². The molecule has 0 bridgehead atoms. The average Bonchev–Trinajstić information content (AvgIpc) is 3.90. The van der Waals surface area contributed by atoms with Crippen LogP contribution in [0.2, 0.25) is 0 Å². The Hall–Kier alpha value is -7.78. The normalized spacial score (nSPS) is 11.7. The number of pyridine rings is 2. The van der Waals surface area contributed by atoms with Crippen molar-refractivity contribution in [1.29, 1.82) is 0 Å². The van der Waals surface area contributed by atoms with Crippen LogP contribution >= 0.6 is 0 Å². The number of nitrogens with two attached hydrogens (primary N) is 1. The van der Waals surface area contributed by atoms with Crippen molar-refractivity contribution in [2.24, 2.45) is 5.73 Å². The second kappa shape index (κ2) is 22.1. The Labute approximate surface area is 389 Å². The molecule has 0 fully saturated rings. The SMILES string of the molecule is CN(C)C(=O)CCn1nc(Nc2ccc(F)c(C(F)(F)F)c2)nc1-c1ccnc(CN)c1.CN(C)C(=O)CCn1nc(Nc2ccc(F)c(C(F)(F)F)c2)nc1-c1ccnc(CNC(=O)C(F)(F)F)c1. The number of carbonyl (C=O) groups excluding carboxylic acids is 3. The molecule has 70 heavy (non-hydrogen) atoms. The molecule has 0 unspecified atom stereocenters. The maximum Gasteiger partial charge on any atom is 0.471 e. The topological polar surface area (TPSA) is 207 Å². The first-order valence-corrected chi connectivity index (χ1v) is 20.3. The molecule has 0 radical (unpaired) electrons. The number of aromatic nitrogens is 8. The van der Waals surface area contributed by atoms with E-state index in [0.717, 1.165) is 18.2 Å². The van der Waals surface area contributed by atoms with E-state index in [1.165, 1.54) is 51.6 Å². The van der Waals surface area contributed by atoms with Gasteiger partial charge in [0.05, 0.1) is 42.1 Å². The summed E-state index contributed by atoms with van der Waals surface area (Å²) < 4.78 is 146. The first-order valence-electron chi connectivity index (χ1n) is 20.3. The molecule has 5 N–H and O–H groups in total. The molecule has 2 aromatic carbocycles. The zero-order chi connectivity index (χ0) is 51.7. The summed E-state index contributed by atoms with van der Waals surface area (Å²) in [5.41, 5.74) is 4.08. The Morgan fingerprint density at radius 2 is 1.03 bits per heavy atom. The van der Waals surface area contributed by atoms with Gasteiger partial charge in [0, 0.05) is 82.5 Å². The van der Waals surface area contributed by atoms with Gasteiger partial charge in [-0.15, -0.1) is 10.2 Å². The summed E-state index contributed by atoms with van der Waals surface area (Å²) in [6, 6.07) is 10.9. The van der Waals surface area contributed by atoms with Gasteiger partial charge in [0.25, 0.3) is 0 Å². The van der Waals surface area contributed by atoms with E-state index < -0.39 is 53.7 Å². The molecule has 0 spiro atoms. The van der Waals surface area contributed by atoms with Crippen LogP contribution in [0, 0.1) is 11.6 Å². The number of rotatable bonds is 15. The van der Waals surface area contributed by atoms with E-state index in [4.69, 9.17) is 5.73 Å². The van der Waals surface area contributed by atoms with E-state index in [-0.39, 0.29) is 84.6 Å². The molecule has 4 heterocycles. The van der Waals surface area contributed by atoms with Gasteiger partial charge in [-0.3, -0.25) is 24.4 Å². The quantitative estimate of drug-likeness (QED) is 0.0762. The van der Waals surface area contributed by atoms with Gasteiger partial charge in [-0.25, -0.2) is 18.1 Å². The highest BCUT2D eigenvalue weighted by molar-refractivity contribution is 5.81. The lowest BCUT2D eigenvalue weighted by atomic mass is 10.2. The summed E-state index contributed by atoms with van der Waals surface area (Å²) in [7, 11) is 6.32. The van der Waals surface area contributed by atoms with Crippen molar-refractivity contribution in [2.75, 3.05) is 38.8 Å². The first kappa shape index (κ1) is 53.2. The minimum atomic E-state index is -5.08. The van der Waals surface area contributed by atoms with E-state index in [2.05, 4.69) is 40.8 Å². The smallest absolute Gasteiger partial charge is 0.349 e. The van der Waals surface area contributed by atoms with Crippen LogP contribution in [0.4, 0.5) is 71.6 Å². The molecule has 0 aliphatic rings. The van der Waals surface area contributed by atoms with Crippen LogP contribution in [-0.4, -0.2) is 101 Å². The van der Waals surface area contributed by atoms with Gasteiger partial charge in [0.15, 0.2) is 11.6 Å². The molecule has 28 heteroatoms. The number of halogens is 11. The van der Waals surface area contributed by atoms with E-state index in [0.29, 0.717) is 35.3 Å². The van der Waals surface area contributed by atoms with Gasteiger partial charge in [-0.2, -0.15) is 49.5 Å². The Balaban J connectivity index is 0.000000265. The number of anilines is 4. The number of carbonyl (C=O) groups is 3. The van der Waals surface area contributed by atoms with Gasteiger partial charge >= 0.3 is 24.4 Å². The number of hydrogen-bond acceptors (Lipinski definition) is 12. The predicted molar refractivity (Wildman–Crippen MR) is 228 cm³/mol. The zero-order valence-corrected chi connectivity index (χ0v) is 37.1. The summed E-state index contributed by atoms with van der Waals surface area (Å²) in [4.78, 5) is 54.6. The van der Waals surface area contributed by atoms with Gasteiger partial charge in [0.1, 0.15) is 11.6 Å². The third-order valence-electron chi connectivity index (χ3n) is 9.52. The molecular formula is C42H41F11N14O3. The van der Waals surface area contributed by atoms with Gasteiger partial charge in [0.2, 0.25) is 23.7 Å². The second-order valence-corrected chi connectivity index (χ2v) is 15.1. The Bertz CT molecular complexity index is 2810. The molecule has 0 saturated carbocycles. The van der Waals surface area contributed by atoms with Crippen molar-refractivity contribution in [3.8, 4) is 22.8 Å². The Morgan fingerprint density at radius 3 is 1.41 bits per heavy atom. The minimum Gasteiger partial charge on any atom is -0.349 e. The molecule has 0 aliphatic heterocycles. The van der Waals surface area contributed by atoms with Crippen LogP contribution in [0.15, 0.2) is 73.1 Å². The van der Waals surface area contributed by atoms with Crippen molar-refractivity contribution in [3.05, 3.63) is 107 Å². The molecule has 3 amide bonds. The van der Waals surface area contributed by atoms with Crippen LogP contribution in [0.3, 0.4) is 0 Å². The largest absolute Gasteiger partial charge is 0.471 e. The summed E-state index contributed by atoms with van der Waals surface area (Å²) in [5, 5.41) is 15.4. The van der Waals surface area contributed by atoms with Crippen LogP contribution in [0.5, 0.6) is 0 Å². The van der Waals surface area contributed by atoms with E-state index in [1.807, 2.05) is 0 Å². The molecule has 6 rings (SSSR count). The zero-order valence-electron chi connectivity index (χ0n) is 37.1. The summed E-state index contributed by atoms with van der Waals surface area (Å²) in [6.07, 6.45) is -12.0. The molecular weight excluding hydrogens is 958 g/mol. The summed E-state index contributed by atoms with van der Waals surface area (Å²) >= 11 is 0. The van der Waals surface area contributed by atoms with Crippen molar-refractivity contribution in [2.45, 2.75) is 57.5 Å². The van der Waals surface area contributed by atoms with E-state index in [1.54, 1.807) is 37.7 Å². The third kappa shape index (κ3) is 14.4. The van der Waals surface area contributed by atoms with E-state index in [9.17, 15) is 62.7 Å². The number of hydrogen-bond donors (Lipinski definition) is 4. The minimum absolute atomic E-state index is 0.0110. The standard InChI is InChI=1S/C22H20F7N7O2.C20H21F4N7O/c1-35(2)17(37)6-8-36-18(12-5-7-30-14(9-12)11-31-19(38)22(27,28)29)33-20(34-36)32-13-3-4-16(23)15(10-13)21(24,25)26;1-30(2)17(32)6-8-31-18(12-5-7-26-14(9-12)11-25)28-19(29-31)27-13-3-4-16(21)15(10-13)20(22,23)24/h3-5,7,9-10H,6,8,11H2,1-2H3,(H,31,38)(H,32,34);3-5,7,9-10H,6,8,11,25H2,1-2H3,(H,27,29). The molecule has 17 nitrogen and oxygen atoms in total. The highest BCUT2D eigenvalue weighted by Crippen LogP contribution is 2.35. The van der Waals surface area contributed by atoms with Crippen molar-refractivity contribution >= 4 is 41.0 Å². The molecule has 0 aliphatic carbocycles.